The molecule has 53 heavy (non-hydrogen) atoms. The molecule has 0 radical (unpaired) electrons. The minimum Gasteiger partial charge on any atom is -0.0936 e. The molecule has 1 heteroatoms. The summed E-state index contributed by atoms with van der Waals surface area (Å²) in [4.78, 5) is 2.93. The summed E-state index contributed by atoms with van der Waals surface area (Å²) in [6.45, 7) is 4.81. The van der Waals surface area contributed by atoms with Crippen LogP contribution < -0.4 is 0 Å². The summed E-state index contributed by atoms with van der Waals surface area (Å²) in [5, 5.41) is 2.70. The zero-order valence-electron chi connectivity index (χ0n) is 30.6. The highest BCUT2D eigenvalue weighted by Crippen LogP contribution is 2.54. The molecule has 0 saturated carbocycles. The van der Waals surface area contributed by atoms with E-state index in [1.165, 1.54) is 81.8 Å². The molecule has 3 atom stereocenters. The van der Waals surface area contributed by atoms with Gasteiger partial charge in [-0.1, -0.05) is 183 Å². The molecule has 0 spiro atoms. The summed E-state index contributed by atoms with van der Waals surface area (Å²) in [5.41, 5.74) is 15.5. The van der Waals surface area contributed by atoms with Gasteiger partial charge >= 0.3 is 0 Å². The first-order valence-electron chi connectivity index (χ1n) is 19.4. The van der Waals surface area contributed by atoms with Crippen molar-refractivity contribution in [3.05, 3.63) is 208 Å². The molecule has 0 amide bonds. The molecule has 0 fully saturated rings. The molecule has 6 aromatic carbocycles. The number of benzene rings is 6. The van der Waals surface area contributed by atoms with Crippen LogP contribution in [0, 0.1) is 5.92 Å². The molecule has 0 bridgehead atoms. The molecule has 0 N–H and O–H groups in total. The topological polar surface area (TPSA) is 0 Å². The number of rotatable bonds is 7. The van der Waals surface area contributed by atoms with Gasteiger partial charge in [-0.05, 0) is 115 Å². The Hall–Kier alpha value is -5.11. The zero-order chi connectivity index (χ0) is 35.5. The van der Waals surface area contributed by atoms with Gasteiger partial charge in [-0.2, -0.15) is 0 Å². The van der Waals surface area contributed by atoms with Crippen LogP contribution in [0.1, 0.15) is 79.2 Å². The van der Waals surface area contributed by atoms with E-state index in [-0.39, 0.29) is 11.3 Å². The summed E-state index contributed by atoms with van der Waals surface area (Å²) < 4.78 is 0. The lowest BCUT2D eigenvalue weighted by Crippen LogP contribution is -2.16. The van der Waals surface area contributed by atoms with E-state index < -0.39 is 0 Å². The third-order valence-electron chi connectivity index (χ3n) is 12.6. The van der Waals surface area contributed by atoms with Crippen LogP contribution in [0.2, 0.25) is 0 Å². The van der Waals surface area contributed by atoms with Gasteiger partial charge in [0.05, 0.1) is 0 Å². The Kier molecular flexibility index (Phi) is 8.03. The number of thioether (sulfide) groups is 1. The lowest BCUT2D eigenvalue weighted by Gasteiger charge is -2.27. The first-order valence-corrected chi connectivity index (χ1v) is 20.2. The van der Waals surface area contributed by atoms with Gasteiger partial charge in [0, 0.05) is 22.1 Å². The molecule has 4 aliphatic rings. The Balaban J connectivity index is 0.967. The minimum absolute atomic E-state index is 0.0257. The van der Waals surface area contributed by atoms with Crippen molar-refractivity contribution < 1.29 is 0 Å². The SMILES string of the molecule is CC1(C)c2ccccc2-c2ccc(C(CCC3C=CC(C4=CC=C5Sc6ccccc6C5C4)=CC3)c3ccc(-c4ccccc4)c4ccccc34)cc21. The quantitative estimate of drug-likeness (QED) is 0.160. The maximum absolute atomic E-state index is 2.56. The average molecular weight is 701 g/mol. The van der Waals surface area contributed by atoms with Gasteiger partial charge in [0.2, 0.25) is 0 Å². The maximum Gasteiger partial charge on any atom is 0.0205 e. The number of hydrogen-bond donors (Lipinski definition) is 0. The van der Waals surface area contributed by atoms with Crippen LogP contribution >= 0.6 is 11.8 Å². The Morgan fingerprint density at radius 1 is 0.698 bits per heavy atom. The van der Waals surface area contributed by atoms with Crippen LogP contribution in [0.25, 0.3) is 33.0 Å². The largest absolute Gasteiger partial charge is 0.0936 e. The molecular weight excluding hydrogens is 657 g/mol. The predicted octanol–water partition coefficient (Wildman–Crippen LogP) is 14.3. The average Bonchev–Trinajstić information content (AvgIpc) is 3.70. The lowest BCUT2D eigenvalue weighted by atomic mass is 9.77. The van der Waals surface area contributed by atoms with Crippen molar-refractivity contribution in [3.8, 4) is 22.3 Å². The van der Waals surface area contributed by atoms with Crippen LogP contribution in [0.15, 0.2) is 185 Å². The van der Waals surface area contributed by atoms with E-state index in [1.54, 1.807) is 0 Å². The number of allylic oxidation sites excluding steroid dienone is 8. The van der Waals surface area contributed by atoms with Crippen LogP contribution in [0.3, 0.4) is 0 Å². The lowest BCUT2D eigenvalue weighted by molar-refractivity contribution is 0.535. The van der Waals surface area contributed by atoms with Crippen molar-refractivity contribution in [1.82, 2.24) is 0 Å². The molecule has 1 heterocycles. The van der Waals surface area contributed by atoms with Crippen LogP contribution in [-0.2, 0) is 5.41 Å². The fraction of sp³-hybridized carbons (Fsp3) is 0.192. The van der Waals surface area contributed by atoms with Crippen LogP contribution in [0.4, 0.5) is 0 Å². The van der Waals surface area contributed by atoms with Crippen molar-refractivity contribution in [3.63, 3.8) is 0 Å². The van der Waals surface area contributed by atoms with Gasteiger partial charge < -0.3 is 0 Å². The third kappa shape index (κ3) is 5.60. The summed E-state index contributed by atoms with van der Waals surface area (Å²) in [7, 11) is 0. The first kappa shape index (κ1) is 32.5. The van der Waals surface area contributed by atoms with Crippen molar-refractivity contribution in [2.75, 3.05) is 0 Å². The van der Waals surface area contributed by atoms with E-state index in [4.69, 9.17) is 0 Å². The standard InChI is InChI=1S/C52H44S/c1-52(2)48-18-10-8-16-44(48)45-28-25-38(33-49(45)52)40(43-30-29-39(36-12-4-3-5-13-36)41-14-6-7-15-42(41)43)27-22-34-20-23-35(24-21-34)37-26-31-51-47(32-37)46-17-9-11-19-50(46)53-51/h3-20,23-26,28-31,33-34,40,47H,21-22,27,32H2,1-2H3. The molecule has 0 nitrogen and oxygen atoms in total. The van der Waals surface area contributed by atoms with Crippen molar-refractivity contribution in [2.45, 2.75) is 61.7 Å². The van der Waals surface area contributed by atoms with Crippen molar-refractivity contribution >= 4 is 22.5 Å². The molecule has 0 aromatic heterocycles. The highest BCUT2D eigenvalue weighted by molar-refractivity contribution is 8.03. The van der Waals surface area contributed by atoms with Crippen molar-refractivity contribution in [1.29, 1.82) is 0 Å². The van der Waals surface area contributed by atoms with E-state index in [2.05, 4.69) is 178 Å². The molecule has 10 rings (SSSR count). The van der Waals surface area contributed by atoms with E-state index in [0.29, 0.717) is 11.8 Å². The van der Waals surface area contributed by atoms with Gasteiger partial charge in [0.25, 0.3) is 0 Å². The molecule has 0 saturated heterocycles. The molecular formula is C52H44S. The second-order valence-electron chi connectivity index (χ2n) is 15.9. The monoisotopic (exact) mass is 700 g/mol. The maximum atomic E-state index is 2.56. The minimum atomic E-state index is -0.0257. The summed E-state index contributed by atoms with van der Waals surface area (Å²) in [6.07, 6.45) is 16.7. The van der Waals surface area contributed by atoms with Gasteiger partial charge in [0.15, 0.2) is 0 Å². The first-order chi connectivity index (χ1) is 26.0. The summed E-state index contributed by atoms with van der Waals surface area (Å²) >= 11 is 1.96. The van der Waals surface area contributed by atoms with Crippen LogP contribution in [0.5, 0.6) is 0 Å². The second kappa shape index (κ2) is 13.1. The summed E-state index contributed by atoms with van der Waals surface area (Å²) in [6, 6.07) is 50.2. The fourth-order valence-electron chi connectivity index (χ4n) is 9.69. The highest BCUT2D eigenvalue weighted by Gasteiger charge is 2.36. The Labute approximate surface area is 318 Å². The van der Waals surface area contributed by atoms with Crippen molar-refractivity contribution in [2.24, 2.45) is 5.92 Å². The molecule has 3 aliphatic carbocycles. The molecule has 6 aromatic rings. The molecule has 258 valence electrons. The Morgan fingerprint density at radius 3 is 2.32 bits per heavy atom. The predicted molar refractivity (Wildman–Crippen MR) is 226 cm³/mol. The Bertz CT molecular complexity index is 2520. The van der Waals surface area contributed by atoms with Crippen LogP contribution in [-0.4, -0.2) is 0 Å². The van der Waals surface area contributed by atoms with E-state index in [9.17, 15) is 0 Å². The zero-order valence-corrected chi connectivity index (χ0v) is 31.4. The molecule has 3 unspecified atom stereocenters. The number of fused-ring (bicyclic) bond motifs is 7. The number of hydrogen-bond acceptors (Lipinski definition) is 1. The van der Waals surface area contributed by atoms with E-state index >= 15 is 0 Å². The molecule has 1 aliphatic heterocycles. The van der Waals surface area contributed by atoms with E-state index in [1.807, 2.05) is 11.8 Å². The Morgan fingerprint density at radius 2 is 1.45 bits per heavy atom. The second-order valence-corrected chi connectivity index (χ2v) is 17.0. The van der Waals surface area contributed by atoms with Gasteiger partial charge in [-0.25, -0.2) is 0 Å². The fourth-order valence-corrected chi connectivity index (χ4v) is 10.9. The summed E-state index contributed by atoms with van der Waals surface area (Å²) in [5.74, 6) is 1.33. The van der Waals surface area contributed by atoms with Gasteiger partial charge in [-0.15, -0.1) is 0 Å². The normalized spacial score (nSPS) is 19.8. The smallest absolute Gasteiger partial charge is 0.0205 e. The van der Waals surface area contributed by atoms with E-state index in [0.717, 1.165) is 25.7 Å². The van der Waals surface area contributed by atoms with Gasteiger partial charge in [-0.3, -0.25) is 0 Å². The third-order valence-corrected chi connectivity index (χ3v) is 13.8. The van der Waals surface area contributed by atoms with Gasteiger partial charge in [0.1, 0.15) is 0 Å². The highest BCUT2D eigenvalue weighted by atomic mass is 32.2.